The molecule has 1 aromatic heterocycles. The van der Waals surface area contributed by atoms with Crippen LogP contribution in [0.3, 0.4) is 0 Å². The first kappa shape index (κ1) is 18.3. The van der Waals surface area contributed by atoms with Crippen molar-refractivity contribution >= 4 is 46.9 Å². The van der Waals surface area contributed by atoms with E-state index in [-0.39, 0.29) is 17.6 Å². The van der Waals surface area contributed by atoms with E-state index in [1.54, 1.807) is 11.0 Å². The van der Waals surface area contributed by atoms with Crippen LogP contribution in [-0.2, 0) is 10.5 Å². The Morgan fingerprint density at radius 1 is 1.33 bits per heavy atom. The molecule has 2 aromatic rings. The maximum absolute atomic E-state index is 12.0. The van der Waals surface area contributed by atoms with Crippen molar-refractivity contribution in [3.63, 3.8) is 0 Å². The molecule has 0 unspecified atom stereocenters. The van der Waals surface area contributed by atoms with Crippen LogP contribution >= 0.6 is 23.4 Å². The smallest absolute Gasteiger partial charge is 0.234 e. The summed E-state index contributed by atoms with van der Waals surface area (Å²) in [5, 5.41) is 3.43. The molecule has 0 bridgehead atoms. The molecule has 1 amide bonds. The maximum atomic E-state index is 12.0. The Balaban J connectivity index is 1.87. The minimum atomic E-state index is -0.116. The van der Waals surface area contributed by atoms with Crippen LogP contribution in [0.5, 0.6) is 0 Å². The van der Waals surface area contributed by atoms with Gasteiger partial charge >= 0.3 is 0 Å². The number of carbonyl (C=O) groups is 1. The number of rotatable bonds is 6. The van der Waals surface area contributed by atoms with Gasteiger partial charge in [0.25, 0.3) is 0 Å². The Morgan fingerprint density at radius 2 is 2.08 bits per heavy atom. The van der Waals surface area contributed by atoms with Crippen molar-refractivity contribution in [3.8, 4) is 0 Å². The van der Waals surface area contributed by atoms with Crippen molar-refractivity contribution < 1.29 is 4.79 Å². The molecule has 0 saturated heterocycles. The molecule has 128 valence electrons. The molecule has 9 heteroatoms. The molecule has 2 rings (SSSR count). The van der Waals surface area contributed by atoms with Gasteiger partial charge < -0.3 is 16.0 Å². The topological polar surface area (TPSA) is 97.0 Å². The number of anilines is 3. The van der Waals surface area contributed by atoms with Gasteiger partial charge in [0.1, 0.15) is 5.82 Å². The van der Waals surface area contributed by atoms with Gasteiger partial charge in [0.2, 0.25) is 17.8 Å². The normalized spacial score (nSPS) is 10.5. The van der Waals surface area contributed by atoms with E-state index in [1.807, 2.05) is 33.2 Å². The molecular formula is C15H19ClN6OS. The van der Waals surface area contributed by atoms with E-state index in [1.165, 1.54) is 11.8 Å². The number of nitrogens with two attached hydrogens (primary N) is 1. The zero-order valence-electron chi connectivity index (χ0n) is 13.7. The predicted octanol–water partition coefficient (Wildman–Crippen LogP) is 2.35. The van der Waals surface area contributed by atoms with E-state index < -0.39 is 0 Å². The van der Waals surface area contributed by atoms with Crippen LogP contribution in [0, 0.1) is 6.92 Å². The average molecular weight is 367 g/mol. The fraction of sp³-hybridized carbons (Fsp3) is 0.333. The Labute approximate surface area is 150 Å². The number of amides is 1. The number of nitrogen functional groups attached to an aromatic ring is 1. The highest BCUT2D eigenvalue weighted by Crippen LogP contribution is 2.20. The second-order valence-electron chi connectivity index (χ2n) is 5.31. The minimum absolute atomic E-state index is 0.116. The van der Waals surface area contributed by atoms with Crippen molar-refractivity contribution in [2.24, 2.45) is 0 Å². The van der Waals surface area contributed by atoms with Gasteiger partial charge in [-0.1, -0.05) is 17.7 Å². The molecule has 0 atom stereocenters. The number of nitrogens with zero attached hydrogens (tertiary/aromatic N) is 4. The number of thioether (sulfide) groups is 1. The molecule has 24 heavy (non-hydrogen) atoms. The Hall–Kier alpha value is -2.06. The molecule has 7 nitrogen and oxygen atoms in total. The third-order valence-corrected chi connectivity index (χ3v) is 4.34. The van der Waals surface area contributed by atoms with Crippen molar-refractivity contribution in [2.75, 3.05) is 35.8 Å². The highest BCUT2D eigenvalue weighted by molar-refractivity contribution is 7.99. The summed E-state index contributed by atoms with van der Waals surface area (Å²) >= 11 is 7.44. The van der Waals surface area contributed by atoms with Crippen LogP contribution in [-0.4, -0.2) is 40.7 Å². The van der Waals surface area contributed by atoms with Gasteiger partial charge in [-0.3, -0.25) is 4.79 Å². The molecular weight excluding hydrogens is 348 g/mol. The zero-order chi connectivity index (χ0) is 17.7. The SMILES string of the molecule is Cc1ccc(NC(=O)CSCc2nc(N)nc(N(C)C)n2)cc1Cl. The second kappa shape index (κ2) is 8.16. The monoisotopic (exact) mass is 366 g/mol. The van der Waals surface area contributed by atoms with E-state index in [0.29, 0.717) is 28.2 Å². The third-order valence-electron chi connectivity index (χ3n) is 3.01. The summed E-state index contributed by atoms with van der Waals surface area (Å²) in [4.78, 5) is 26.1. The van der Waals surface area contributed by atoms with Crippen LogP contribution in [0.25, 0.3) is 0 Å². The number of aryl methyl sites for hydroxylation is 1. The molecule has 0 aliphatic rings. The highest BCUT2D eigenvalue weighted by Gasteiger charge is 2.08. The summed E-state index contributed by atoms with van der Waals surface area (Å²) in [7, 11) is 3.65. The first-order chi connectivity index (χ1) is 11.3. The number of benzene rings is 1. The second-order valence-corrected chi connectivity index (χ2v) is 6.70. The lowest BCUT2D eigenvalue weighted by Gasteiger charge is -2.11. The Morgan fingerprint density at radius 3 is 2.75 bits per heavy atom. The fourth-order valence-corrected chi connectivity index (χ4v) is 2.64. The number of nitrogens with one attached hydrogen (secondary N) is 1. The largest absolute Gasteiger partial charge is 0.368 e. The quantitative estimate of drug-likeness (QED) is 0.809. The number of hydrogen-bond donors (Lipinski definition) is 2. The van der Waals surface area contributed by atoms with E-state index in [2.05, 4.69) is 20.3 Å². The predicted molar refractivity (Wildman–Crippen MR) is 99.5 cm³/mol. The number of halogens is 1. The van der Waals surface area contributed by atoms with Crippen molar-refractivity contribution in [1.29, 1.82) is 0 Å². The molecule has 0 saturated carbocycles. The zero-order valence-corrected chi connectivity index (χ0v) is 15.3. The van der Waals surface area contributed by atoms with Crippen molar-refractivity contribution in [3.05, 3.63) is 34.6 Å². The van der Waals surface area contributed by atoms with Gasteiger partial charge in [0, 0.05) is 24.8 Å². The van der Waals surface area contributed by atoms with Gasteiger partial charge in [-0.15, -0.1) is 11.8 Å². The van der Waals surface area contributed by atoms with Crippen LogP contribution in [0.2, 0.25) is 5.02 Å². The molecule has 0 aliphatic heterocycles. The highest BCUT2D eigenvalue weighted by atomic mass is 35.5. The number of carbonyl (C=O) groups excluding carboxylic acids is 1. The molecule has 0 spiro atoms. The number of hydrogen-bond acceptors (Lipinski definition) is 7. The lowest BCUT2D eigenvalue weighted by molar-refractivity contribution is -0.113. The van der Waals surface area contributed by atoms with Crippen LogP contribution in [0.1, 0.15) is 11.4 Å². The first-order valence-corrected chi connectivity index (χ1v) is 8.70. The summed E-state index contributed by atoms with van der Waals surface area (Å²) < 4.78 is 0. The maximum Gasteiger partial charge on any atom is 0.234 e. The van der Waals surface area contributed by atoms with E-state index in [4.69, 9.17) is 17.3 Å². The lowest BCUT2D eigenvalue weighted by atomic mass is 10.2. The lowest BCUT2D eigenvalue weighted by Crippen LogP contribution is -2.16. The summed E-state index contributed by atoms with van der Waals surface area (Å²) in [6.07, 6.45) is 0. The summed E-state index contributed by atoms with van der Waals surface area (Å²) in [5.74, 6) is 1.83. The minimum Gasteiger partial charge on any atom is -0.368 e. The van der Waals surface area contributed by atoms with Gasteiger partial charge in [-0.05, 0) is 24.6 Å². The first-order valence-electron chi connectivity index (χ1n) is 7.16. The molecule has 0 radical (unpaired) electrons. The standard InChI is InChI=1S/C15H19ClN6OS/c1-9-4-5-10(6-11(9)16)18-13(23)8-24-7-12-19-14(17)21-15(20-12)22(2)3/h4-6H,7-8H2,1-3H3,(H,18,23)(H2,17,19,20,21). The van der Waals surface area contributed by atoms with Crippen molar-refractivity contribution in [1.82, 2.24) is 15.0 Å². The number of aromatic nitrogens is 3. The summed E-state index contributed by atoms with van der Waals surface area (Å²) in [6.45, 7) is 1.91. The van der Waals surface area contributed by atoms with Crippen LogP contribution < -0.4 is 16.0 Å². The molecule has 0 fully saturated rings. The van der Waals surface area contributed by atoms with Gasteiger partial charge in [0.15, 0.2) is 0 Å². The molecule has 3 N–H and O–H groups in total. The van der Waals surface area contributed by atoms with Crippen LogP contribution in [0.4, 0.5) is 17.6 Å². The third kappa shape index (κ3) is 5.24. The van der Waals surface area contributed by atoms with E-state index >= 15 is 0 Å². The molecule has 1 aromatic carbocycles. The van der Waals surface area contributed by atoms with E-state index in [9.17, 15) is 4.79 Å². The summed E-state index contributed by atoms with van der Waals surface area (Å²) in [6, 6.07) is 5.41. The van der Waals surface area contributed by atoms with Gasteiger partial charge in [0.05, 0.1) is 11.5 Å². The Bertz CT molecular complexity index is 740. The van der Waals surface area contributed by atoms with Gasteiger partial charge in [-0.25, -0.2) is 0 Å². The average Bonchev–Trinajstić information content (AvgIpc) is 2.50. The molecule has 0 aliphatic carbocycles. The van der Waals surface area contributed by atoms with Crippen molar-refractivity contribution in [2.45, 2.75) is 12.7 Å². The summed E-state index contributed by atoms with van der Waals surface area (Å²) in [5.41, 5.74) is 7.31. The van der Waals surface area contributed by atoms with Gasteiger partial charge in [-0.2, -0.15) is 15.0 Å². The Kier molecular flexibility index (Phi) is 6.22. The van der Waals surface area contributed by atoms with E-state index in [0.717, 1.165) is 5.56 Å². The fourth-order valence-electron chi connectivity index (χ4n) is 1.79. The van der Waals surface area contributed by atoms with Crippen LogP contribution in [0.15, 0.2) is 18.2 Å². The molecule has 1 heterocycles.